The van der Waals surface area contributed by atoms with Gasteiger partial charge >= 0.3 is 0 Å². The molecule has 0 atom stereocenters. The maximum absolute atomic E-state index is 5.30. The average Bonchev–Trinajstić information content (AvgIpc) is 3.29. The number of aryl methyl sites for hydroxylation is 6. The van der Waals surface area contributed by atoms with Crippen LogP contribution >= 0.6 is 0 Å². The second-order valence-electron chi connectivity index (χ2n) is 16.1. The molecule has 0 radical (unpaired) electrons. The molecule has 62 heavy (non-hydrogen) atoms. The Balaban J connectivity index is 1.23. The minimum atomic E-state index is 0.613. The number of nitrogens with zero attached hydrogens (tertiary/aromatic N) is 6. The molecule has 0 saturated carbocycles. The van der Waals surface area contributed by atoms with E-state index in [0.717, 1.165) is 50.4 Å². The van der Waals surface area contributed by atoms with Crippen LogP contribution in [0, 0.1) is 41.5 Å². The van der Waals surface area contributed by atoms with Crippen molar-refractivity contribution in [2.75, 3.05) is 9.80 Å². The molecule has 0 aliphatic heterocycles. The molecule has 0 amide bonds. The highest BCUT2D eigenvalue weighted by Crippen LogP contribution is 2.44. The highest BCUT2D eigenvalue weighted by atomic mass is 15.3. The molecule has 6 nitrogen and oxygen atoms in total. The number of aromatic nitrogens is 4. The first-order chi connectivity index (χ1) is 30.2. The maximum Gasteiger partial charge on any atom is 0.162 e. The lowest BCUT2D eigenvalue weighted by Gasteiger charge is -2.32. The summed E-state index contributed by atoms with van der Waals surface area (Å²) < 4.78 is 0. The monoisotopic (exact) mass is 804 g/mol. The Labute approximate surface area is 364 Å². The van der Waals surface area contributed by atoms with E-state index in [0.29, 0.717) is 17.5 Å². The molecule has 0 saturated heterocycles. The van der Waals surface area contributed by atoms with Gasteiger partial charge in [-0.05, 0) is 135 Å². The minimum absolute atomic E-state index is 0.613. The summed E-state index contributed by atoms with van der Waals surface area (Å²) in [5.41, 5.74) is 18.9. The van der Waals surface area contributed by atoms with E-state index in [-0.39, 0.29) is 0 Å². The summed E-state index contributed by atoms with van der Waals surface area (Å²) in [5.74, 6) is 1.98. The zero-order valence-electron chi connectivity index (χ0n) is 36.0. The molecular formula is C56H48N6. The number of rotatable bonds is 10. The third-order valence-electron chi connectivity index (χ3n) is 11.3. The Morgan fingerprint density at radius 2 is 0.823 bits per heavy atom. The highest BCUT2D eigenvalue weighted by molar-refractivity contribution is 5.86. The Morgan fingerprint density at radius 3 is 1.29 bits per heavy atom. The molecule has 0 bridgehead atoms. The van der Waals surface area contributed by atoms with Gasteiger partial charge in [-0.3, -0.25) is 4.90 Å². The van der Waals surface area contributed by atoms with Gasteiger partial charge in [-0.1, -0.05) is 126 Å². The summed E-state index contributed by atoms with van der Waals surface area (Å²) >= 11 is 0. The van der Waals surface area contributed by atoms with Crippen molar-refractivity contribution in [3.8, 4) is 44.9 Å². The predicted molar refractivity (Wildman–Crippen MR) is 257 cm³/mol. The first kappa shape index (κ1) is 39.7. The Morgan fingerprint density at radius 1 is 0.371 bits per heavy atom. The van der Waals surface area contributed by atoms with Gasteiger partial charge in [0, 0.05) is 34.8 Å². The van der Waals surface area contributed by atoms with Gasteiger partial charge in [0.05, 0.1) is 17.1 Å². The van der Waals surface area contributed by atoms with E-state index >= 15 is 0 Å². The van der Waals surface area contributed by atoms with Gasteiger partial charge in [-0.2, -0.15) is 0 Å². The summed E-state index contributed by atoms with van der Waals surface area (Å²) in [7, 11) is 0. The molecule has 7 aromatic carbocycles. The summed E-state index contributed by atoms with van der Waals surface area (Å²) in [6.07, 6.45) is 3.35. The van der Waals surface area contributed by atoms with Crippen LogP contribution < -0.4 is 9.80 Å². The van der Waals surface area contributed by atoms with Crippen molar-refractivity contribution in [3.63, 3.8) is 0 Å². The molecule has 0 fully saturated rings. The molecule has 0 aliphatic carbocycles. The van der Waals surface area contributed by atoms with Gasteiger partial charge in [0.1, 0.15) is 18.0 Å². The molecule has 0 spiro atoms. The fraction of sp³-hybridized carbons (Fsp3) is 0.107. The van der Waals surface area contributed by atoms with E-state index in [1.165, 1.54) is 44.8 Å². The standard InChI is InChI=1S/C56H48N6/c1-37-28-39(3)54(40(4)29-37)62(55-41(5)30-38(2)31-42(55)6)50-24-22-49(23-25-50)61(52-26-27-57-36-58-52)53-35-51(59-56(60-53)45-20-14-9-15-21-45)48-33-46(43-16-10-7-11-17-43)32-47(34-48)44-18-12-8-13-19-44/h7-36H,1-6H3. The van der Waals surface area contributed by atoms with Crippen molar-refractivity contribution in [2.45, 2.75) is 41.5 Å². The topological polar surface area (TPSA) is 58.0 Å². The molecule has 302 valence electrons. The van der Waals surface area contributed by atoms with Crippen LogP contribution in [-0.2, 0) is 0 Å². The molecule has 2 aromatic heterocycles. The van der Waals surface area contributed by atoms with Crippen LogP contribution in [0.15, 0.2) is 182 Å². The predicted octanol–water partition coefficient (Wildman–Crippen LogP) is 14.7. The van der Waals surface area contributed by atoms with E-state index in [2.05, 4.69) is 202 Å². The summed E-state index contributed by atoms with van der Waals surface area (Å²) in [6.45, 7) is 13.2. The molecule has 6 heteroatoms. The molecule has 0 N–H and O–H groups in total. The van der Waals surface area contributed by atoms with E-state index in [4.69, 9.17) is 15.0 Å². The van der Waals surface area contributed by atoms with Crippen molar-refractivity contribution in [1.29, 1.82) is 0 Å². The van der Waals surface area contributed by atoms with Crippen molar-refractivity contribution in [2.24, 2.45) is 0 Å². The zero-order valence-corrected chi connectivity index (χ0v) is 36.0. The molecule has 2 heterocycles. The Kier molecular flexibility index (Phi) is 11.0. The van der Waals surface area contributed by atoms with Crippen LogP contribution in [-0.4, -0.2) is 19.9 Å². The van der Waals surface area contributed by atoms with Crippen molar-refractivity contribution < 1.29 is 0 Å². The van der Waals surface area contributed by atoms with E-state index in [9.17, 15) is 0 Å². The zero-order chi connectivity index (χ0) is 42.7. The lowest BCUT2D eigenvalue weighted by atomic mass is 9.95. The smallest absolute Gasteiger partial charge is 0.162 e. The fourth-order valence-electron chi connectivity index (χ4n) is 8.75. The van der Waals surface area contributed by atoms with Gasteiger partial charge in [-0.25, -0.2) is 19.9 Å². The van der Waals surface area contributed by atoms with Crippen molar-refractivity contribution in [3.05, 3.63) is 216 Å². The second-order valence-corrected chi connectivity index (χ2v) is 16.1. The summed E-state index contributed by atoms with van der Waals surface area (Å²) in [4.78, 5) is 24.2. The number of anilines is 6. The van der Waals surface area contributed by atoms with Gasteiger partial charge in [-0.15, -0.1) is 0 Å². The molecular weight excluding hydrogens is 757 g/mol. The third kappa shape index (κ3) is 8.11. The van der Waals surface area contributed by atoms with Crippen LogP contribution in [0.3, 0.4) is 0 Å². The van der Waals surface area contributed by atoms with Crippen LogP contribution in [0.4, 0.5) is 34.4 Å². The first-order valence-corrected chi connectivity index (χ1v) is 21.0. The molecule has 0 unspecified atom stereocenters. The van der Waals surface area contributed by atoms with Gasteiger partial charge in [0.25, 0.3) is 0 Å². The quantitative estimate of drug-likeness (QED) is 0.137. The van der Waals surface area contributed by atoms with E-state index in [1.807, 2.05) is 24.3 Å². The number of hydrogen-bond acceptors (Lipinski definition) is 6. The van der Waals surface area contributed by atoms with Crippen LogP contribution in [0.2, 0.25) is 0 Å². The third-order valence-corrected chi connectivity index (χ3v) is 11.3. The highest BCUT2D eigenvalue weighted by Gasteiger charge is 2.24. The molecule has 9 aromatic rings. The van der Waals surface area contributed by atoms with Crippen LogP contribution in [0.1, 0.15) is 33.4 Å². The van der Waals surface area contributed by atoms with E-state index < -0.39 is 0 Å². The average molecular weight is 805 g/mol. The fourth-order valence-corrected chi connectivity index (χ4v) is 8.75. The van der Waals surface area contributed by atoms with Crippen molar-refractivity contribution in [1.82, 2.24) is 19.9 Å². The minimum Gasteiger partial charge on any atom is -0.309 e. The Hall–Kier alpha value is -7.70. The van der Waals surface area contributed by atoms with Gasteiger partial charge in [0.2, 0.25) is 0 Å². The van der Waals surface area contributed by atoms with Crippen LogP contribution in [0.5, 0.6) is 0 Å². The summed E-state index contributed by atoms with van der Waals surface area (Å²) in [6, 6.07) is 59.7. The lowest BCUT2D eigenvalue weighted by molar-refractivity contribution is 1.07. The second kappa shape index (κ2) is 17.1. The van der Waals surface area contributed by atoms with Gasteiger partial charge < -0.3 is 4.90 Å². The Bertz CT molecular complexity index is 2840. The maximum atomic E-state index is 5.30. The normalized spacial score (nSPS) is 11.1. The number of hydrogen-bond donors (Lipinski definition) is 0. The molecule has 0 aliphatic rings. The summed E-state index contributed by atoms with van der Waals surface area (Å²) in [5, 5.41) is 0. The van der Waals surface area contributed by atoms with Crippen molar-refractivity contribution >= 4 is 34.4 Å². The van der Waals surface area contributed by atoms with Gasteiger partial charge in [0.15, 0.2) is 5.82 Å². The SMILES string of the molecule is Cc1cc(C)c(N(c2ccc(N(c3ccncn3)c3cc(-c4cc(-c5ccccc5)cc(-c5ccccc5)c4)nc(-c4ccccc4)n3)cc2)c2c(C)cc(C)cc2C)c(C)c1. The molecule has 9 rings (SSSR count). The largest absolute Gasteiger partial charge is 0.309 e. The number of benzene rings is 7. The first-order valence-electron chi connectivity index (χ1n) is 21.0. The van der Waals surface area contributed by atoms with Crippen LogP contribution in [0.25, 0.3) is 44.9 Å². The lowest BCUT2D eigenvalue weighted by Crippen LogP contribution is -2.17. The van der Waals surface area contributed by atoms with E-state index in [1.54, 1.807) is 12.5 Å².